The highest BCUT2D eigenvalue weighted by molar-refractivity contribution is 9.10. The molecule has 4 nitrogen and oxygen atoms in total. The van der Waals surface area contributed by atoms with E-state index in [-0.39, 0.29) is 5.75 Å². The molecular formula is C9H12BrClN2O2S. The van der Waals surface area contributed by atoms with Gasteiger partial charge in [-0.3, -0.25) is 0 Å². The summed E-state index contributed by atoms with van der Waals surface area (Å²) < 4.78 is 22.1. The second kappa shape index (κ2) is 5.97. The lowest BCUT2D eigenvalue weighted by molar-refractivity contribution is 0.592. The number of primary sulfonamides is 1. The van der Waals surface area contributed by atoms with Crippen molar-refractivity contribution in [3.8, 4) is 0 Å². The molecule has 7 heteroatoms. The first-order chi connectivity index (χ1) is 7.38. The van der Waals surface area contributed by atoms with E-state index in [0.29, 0.717) is 18.1 Å². The van der Waals surface area contributed by atoms with E-state index in [9.17, 15) is 8.42 Å². The van der Waals surface area contributed by atoms with Crippen LogP contribution in [0.3, 0.4) is 0 Å². The van der Waals surface area contributed by atoms with Crippen LogP contribution in [0.5, 0.6) is 0 Å². The van der Waals surface area contributed by atoms with Crippen LogP contribution >= 0.6 is 27.5 Å². The van der Waals surface area contributed by atoms with Gasteiger partial charge in [0.15, 0.2) is 0 Å². The lowest BCUT2D eigenvalue weighted by Crippen LogP contribution is -2.26. The summed E-state index contributed by atoms with van der Waals surface area (Å²) in [5, 5.41) is 8.49. The Morgan fingerprint density at radius 2 is 2.12 bits per heavy atom. The standard InChI is InChI=1S/C9H12BrClN2O2S/c10-8-5-7(1-2-9(8)11)6-13-3-4-16(12,14)15/h1-2,5,13H,3-4,6H2,(H2,12,14,15). The van der Waals surface area contributed by atoms with Crippen molar-refractivity contribution in [2.75, 3.05) is 12.3 Å². The van der Waals surface area contributed by atoms with Crippen molar-refractivity contribution < 1.29 is 8.42 Å². The van der Waals surface area contributed by atoms with Gasteiger partial charge in [0, 0.05) is 17.6 Å². The smallest absolute Gasteiger partial charge is 0.210 e. The molecule has 0 atom stereocenters. The first kappa shape index (κ1) is 13.9. The summed E-state index contributed by atoms with van der Waals surface area (Å²) in [5.74, 6) is -0.0677. The van der Waals surface area contributed by atoms with Gasteiger partial charge in [0.2, 0.25) is 10.0 Å². The predicted molar refractivity (Wildman–Crippen MR) is 68.8 cm³/mol. The van der Waals surface area contributed by atoms with Crippen LogP contribution < -0.4 is 10.5 Å². The molecule has 0 aliphatic heterocycles. The molecule has 0 aliphatic carbocycles. The van der Waals surface area contributed by atoms with Crippen LogP contribution in [0.25, 0.3) is 0 Å². The van der Waals surface area contributed by atoms with Crippen LogP contribution in [-0.2, 0) is 16.6 Å². The van der Waals surface area contributed by atoms with Gasteiger partial charge >= 0.3 is 0 Å². The zero-order valence-corrected chi connectivity index (χ0v) is 11.6. The van der Waals surface area contributed by atoms with E-state index in [1.165, 1.54) is 0 Å². The first-order valence-electron chi connectivity index (χ1n) is 4.53. The van der Waals surface area contributed by atoms with Gasteiger partial charge in [0.25, 0.3) is 0 Å². The number of nitrogens with one attached hydrogen (secondary N) is 1. The molecule has 0 saturated carbocycles. The second-order valence-electron chi connectivity index (χ2n) is 3.29. The molecule has 1 rings (SSSR count). The zero-order chi connectivity index (χ0) is 12.2. The lowest BCUT2D eigenvalue weighted by atomic mass is 10.2. The summed E-state index contributed by atoms with van der Waals surface area (Å²) in [4.78, 5) is 0. The van der Waals surface area contributed by atoms with E-state index in [1.807, 2.05) is 12.1 Å². The molecule has 0 fully saturated rings. The van der Waals surface area contributed by atoms with Gasteiger partial charge in [-0.15, -0.1) is 0 Å². The fourth-order valence-corrected chi connectivity index (χ4v) is 2.07. The molecule has 1 aromatic rings. The van der Waals surface area contributed by atoms with Gasteiger partial charge in [-0.2, -0.15) is 0 Å². The van der Waals surface area contributed by atoms with Gasteiger partial charge in [0.05, 0.1) is 10.8 Å². The number of benzene rings is 1. The highest BCUT2D eigenvalue weighted by atomic mass is 79.9. The molecule has 90 valence electrons. The molecule has 3 N–H and O–H groups in total. The van der Waals surface area contributed by atoms with Gasteiger partial charge < -0.3 is 5.32 Å². The summed E-state index contributed by atoms with van der Waals surface area (Å²) in [7, 11) is -3.39. The Bertz CT molecular complexity index is 465. The maximum absolute atomic E-state index is 10.7. The third kappa shape index (κ3) is 5.27. The molecule has 1 aromatic carbocycles. The van der Waals surface area contributed by atoms with Gasteiger partial charge in [-0.05, 0) is 33.6 Å². The fraction of sp³-hybridized carbons (Fsp3) is 0.333. The molecular weight excluding hydrogens is 316 g/mol. The first-order valence-corrected chi connectivity index (χ1v) is 7.42. The lowest BCUT2D eigenvalue weighted by Gasteiger charge is -2.05. The Hall–Kier alpha value is -0.140. The van der Waals surface area contributed by atoms with Crippen molar-refractivity contribution >= 4 is 37.6 Å². The van der Waals surface area contributed by atoms with E-state index in [2.05, 4.69) is 21.2 Å². The van der Waals surface area contributed by atoms with Crippen LogP contribution in [0.1, 0.15) is 5.56 Å². The third-order valence-electron chi connectivity index (χ3n) is 1.88. The van der Waals surface area contributed by atoms with Crippen molar-refractivity contribution in [1.29, 1.82) is 0 Å². The Labute approximate surface area is 108 Å². The monoisotopic (exact) mass is 326 g/mol. The average molecular weight is 328 g/mol. The largest absolute Gasteiger partial charge is 0.312 e. The minimum atomic E-state index is -3.39. The molecule has 0 aliphatic rings. The topological polar surface area (TPSA) is 72.2 Å². The number of halogens is 2. The van der Waals surface area contributed by atoms with E-state index in [4.69, 9.17) is 16.7 Å². The van der Waals surface area contributed by atoms with Gasteiger partial charge in [-0.1, -0.05) is 17.7 Å². The van der Waals surface area contributed by atoms with Gasteiger partial charge in [-0.25, -0.2) is 13.6 Å². The molecule has 0 heterocycles. The minimum absolute atomic E-state index is 0.0677. The van der Waals surface area contributed by atoms with Crippen molar-refractivity contribution in [3.63, 3.8) is 0 Å². The van der Waals surface area contributed by atoms with Crippen molar-refractivity contribution in [2.45, 2.75) is 6.54 Å². The van der Waals surface area contributed by atoms with E-state index in [0.717, 1.165) is 10.0 Å². The van der Waals surface area contributed by atoms with Crippen molar-refractivity contribution in [1.82, 2.24) is 5.32 Å². The van der Waals surface area contributed by atoms with Gasteiger partial charge in [0.1, 0.15) is 0 Å². The zero-order valence-electron chi connectivity index (χ0n) is 8.41. The maximum Gasteiger partial charge on any atom is 0.210 e. The molecule has 0 amide bonds. The average Bonchev–Trinajstić information content (AvgIpc) is 2.17. The number of hydrogen-bond acceptors (Lipinski definition) is 3. The van der Waals surface area contributed by atoms with Crippen LogP contribution in [0, 0.1) is 0 Å². The maximum atomic E-state index is 10.7. The molecule has 0 radical (unpaired) electrons. The van der Waals surface area contributed by atoms with Crippen molar-refractivity contribution in [3.05, 3.63) is 33.3 Å². The second-order valence-corrected chi connectivity index (χ2v) is 6.29. The summed E-state index contributed by atoms with van der Waals surface area (Å²) in [5.41, 5.74) is 1.02. The summed E-state index contributed by atoms with van der Waals surface area (Å²) >= 11 is 9.15. The van der Waals surface area contributed by atoms with Crippen LogP contribution in [0.2, 0.25) is 5.02 Å². The van der Waals surface area contributed by atoms with Crippen molar-refractivity contribution in [2.24, 2.45) is 5.14 Å². The summed E-state index contributed by atoms with van der Waals surface area (Å²) in [6.07, 6.45) is 0. The van der Waals surface area contributed by atoms with Crippen LogP contribution in [0.15, 0.2) is 22.7 Å². The number of sulfonamides is 1. The van der Waals surface area contributed by atoms with E-state index >= 15 is 0 Å². The molecule has 0 saturated heterocycles. The predicted octanol–water partition coefficient (Wildman–Crippen LogP) is 1.48. The molecule has 0 aromatic heterocycles. The Morgan fingerprint density at radius 3 is 2.69 bits per heavy atom. The minimum Gasteiger partial charge on any atom is -0.312 e. The SMILES string of the molecule is NS(=O)(=O)CCNCc1ccc(Cl)c(Br)c1. The Kier molecular flexibility index (Phi) is 5.20. The Morgan fingerprint density at radius 1 is 1.44 bits per heavy atom. The normalized spacial score (nSPS) is 11.7. The highest BCUT2D eigenvalue weighted by Crippen LogP contribution is 2.22. The number of nitrogens with two attached hydrogens (primary N) is 1. The van der Waals surface area contributed by atoms with Crippen LogP contribution in [0.4, 0.5) is 0 Å². The third-order valence-corrected chi connectivity index (χ3v) is 3.86. The Balaban J connectivity index is 2.41. The molecule has 16 heavy (non-hydrogen) atoms. The quantitative estimate of drug-likeness (QED) is 0.805. The number of hydrogen-bond donors (Lipinski definition) is 2. The van der Waals surface area contributed by atoms with E-state index in [1.54, 1.807) is 6.07 Å². The number of rotatable bonds is 5. The molecule has 0 unspecified atom stereocenters. The molecule has 0 bridgehead atoms. The molecule has 0 spiro atoms. The summed E-state index contributed by atoms with van der Waals surface area (Å²) in [6, 6.07) is 5.53. The highest BCUT2D eigenvalue weighted by Gasteiger charge is 2.02. The summed E-state index contributed by atoms with van der Waals surface area (Å²) in [6.45, 7) is 0.907. The van der Waals surface area contributed by atoms with E-state index < -0.39 is 10.0 Å². The van der Waals surface area contributed by atoms with Crippen LogP contribution in [-0.4, -0.2) is 20.7 Å². The fourth-order valence-electron chi connectivity index (χ4n) is 1.10.